The van der Waals surface area contributed by atoms with Crippen molar-refractivity contribution in [1.29, 1.82) is 0 Å². The normalized spacial score (nSPS) is 29.8. The number of aliphatic hydroxyl groups excluding tert-OH is 2. The standard InChI is InChI=1S/C38H49N16O18P3S3/c39-24-1-3-51(37(58)47-24)26-5-16(56)21(67-26)10-63-73(60,76)72-19-8-28(53-14-45-30-32(41)43-13-44-33(30)53)69-23(19)12-65-75(62,78)71-18-7-27(52-4-2-25(40)48-38(52)59)68-22(18)11-64-74(61,77)70-17-6-29(66-20(17)9-55)54-15-46-31-34(54)49-36(42)50-35(31)57/h1-4,13-23,26-29,55-56H,5-12H2,(H,60,76)(H,61,77)(H,62,78)(H2,39,47,58)(H2,40,48,59)(H2,41,43,44)(H3,42,49,50,57). The van der Waals surface area contributed by atoms with Crippen LogP contribution < -0.4 is 39.9 Å². The number of hydrogen-bond donors (Lipinski definition) is 10. The largest absolute Gasteiger partial charge is 0.394 e. The number of aliphatic hydroxyl groups is 2. The highest BCUT2D eigenvalue weighted by atomic mass is 32.5. The summed E-state index contributed by atoms with van der Waals surface area (Å²) >= 11 is 16.3. The highest BCUT2D eigenvalue weighted by Gasteiger charge is 2.47. The van der Waals surface area contributed by atoms with Crippen LogP contribution in [0.4, 0.5) is 23.4 Å². The zero-order valence-electron chi connectivity index (χ0n) is 40.0. The summed E-state index contributed by atoms with van der Waals surface area (Å²) in [6.45, 7) is -15.1. The van der Waals surface area contributed by atoms with Gasteiger partial charge in [-0.05, 0) is 47.6 Å². The average Bonchev–Trinajstić information content (AvgIpc) is 4.29. The van der Waals surface area contributed by atoms with Gasteiger partial charge in [0.15, 0.2) is 22.6 Å². The monoisotopic (exact) mass is 1210 g/mol. The van der Waals surface area contributed by atoms with E-state index in [-0.39, 0.29) is 71.4 Å². The molecule has 15 atom stereocenters. The number of aromatic nitrogens is 12. The van der Waals surface area contributed by atoms with Gasteiger partial charge in [-0.3, -0.25) is 28.0 Å². The average molecular weight is 1210 g/mol. The van der Waals surface area contributed by atoms with E-state index in [0.717, 1.165) is 9.13 Å². The summed E-state index contributed by atoms with van der Waals surface area (Å²) in [6, 6.07) is 2.74. The number of nitrogens with zero attached hydrogens (tertiary/aromatic N) is 11. The van der Waals surface area contributed by atoms with Crippen LogP contribution in [0, 0.1) is 0 Å². The van der Waals surface area contributed by atoms with Crippen molar-refractivity contribution in [1.82, 2.24) is 58.1 Å². The summed E-state index contributed by atoms with van der Waals surface area (Å²) in [7, 11) is 0. The second-order valence-electron chi connectivity index (χ2n) is 17.9. The van der Waals surface area contributed by atoms with Crippen LogP contribution in [0.5, 0.6) is 0 Å². The van der Waals surface area contributed by atoms with E-state index in [1.165, 1.54) is 52.6 Å². The van der Waals surface area contributed by atoms with Gasteiger partial charge < -0.3 is 93.9 Å². The molecule has 10 rings (SSSR count). The van der Waals surface area contributed by atoms with Crippen LogP contribution in [0.15, 0.2) is 57.9 Å². The van der Waals surface area contributed by atoms with Crippen LogP contribution in [0.1, 0.15) is 50.6 Å². The third-order valence-corrected chi connectivity index (χ3v) is 17.5. The van der Waals surface area contributed by atoms with Gasteiger partial charge >= 0.3 is 31.5 Å². The number of nitrogens with two attached hydrogens (primary N) is 4. The third-order valence-electron chi connectivity index (χ3n) is 12.7. The van der Waals surface area contributed by atoms with Crippen molar-refractivity contribution in [3.63, 3.8) is 0 Å². The SMILES string of the molecule is Nc1ccn(C2CC(O)C(COP(O)(=S)OC3CC(n4cnc5c(N)ncnc54)OC3COP(O)(=S)OC3CC(n4ccc(N)nc4=O)OC3COP(O)(=S)OC3CC(n4cnc5c(=O)[nH]c(N)nc54)OC3CO)O2)c(=O)n1. The molecule has 0 radical (unpaired) electrons. The summed E-state index contributed by atoms with van der Waals surface area (Å²) in [6.07, 6.45) is -6.86. The number of imidazole rings is 2. The molecule has 40 heteroatoms. The van der Waals surface area contributed by atoms with Crippen LogP contribution in [0.2, 0.25) is 0 Å². The topological polar surface area (TPSA) is 474 Å². The fourth-order valence-corrected chi connectivity index (χ4v) is 13.5. The van der Waals surface area contributed by atoms with E-state index in [1.54, 1.807) is 0 Å². The van der Waals surface area contributed by atoms with Gasteiger partial charge in [-0.2, -0.15) is 15.0 Å². The Kier molecular flexibility index (Phi) is 16.4. The lowest BCUT2D eigenvalue weighted by Crippen LogP contribution is -2.31. The number of rotatable bonds is 20. The molecule has 0 aliphatic carbocycles. The summed E-state index contributed by atoms with van der Waals surface area (Å²) in [5, 5.41) is 21.0. The molecule has 0 bridgehead atoms. The Morgan fingerprint density at radius 3 is 1.58 bits per heavy atom. The van der Waals surface area contributed by atoms with E-state index in [0.29, 0.717) is 0 Å². The van der Waals surface area contributed by atoms with Crippen LogP contribution in [0.25, 0.3) is 22.3 Å². The molecule has 0 saturated carbocycles. The summed E-state index contributed by atoms with van der Waals surface area (Å²) in [5.74, 6) is -0.168. The summed E-state index contributed by atoms with van der Waals surface area (Å²) < 4.78 is 64.7. The first-order valence-corrected chi connectivity index (χ1v) is 31.0. The lowest BCUT2D eigenvalue weighted by atomic mass is 10.2. The molecule has 34 nitrogen and oxygen atoms in total. The second kappa shape index (κ2) is 22.6. The summed E-state index contributed by atoms with van der Waals surface area (Å²) in [5.41, 5.74) is 21.6. The Bertz CT molecular complexity index is 3540. The minimum Gasteiger partial charge on any atom is -0.394 e. The highest BCUT2D eigenvalue weighted by Crippen LogP contribution is 2.54. The Morgan fingerprint density at radius 1 is 0.603 bits per heavy atom. The number of aromatic amines is 1. The summed E-state index contributed by atoms with van der Waals surface area (Å²) in [4.78, 5) is 103. The highest BCUT2D eigenvalue weighted by molar-refractivity contribution is 8.07. The van der Waals surface area contributed by atoms with Gasteiger partial charge in [-0.25, -0.2) is 29.5 Å². The van der Waals surface area contributed by atoms with E-state index in [1.807, 2.05) is 0 Å². The van der Waals surface area contributed by atoms with Crippen molar-refractivity contribution in [2.75, 3.05) is 49.4 Å². The Balaban J connectivity index is 0.822. The quantitative estimate of drug-likeness (QED) is 0.0376. The minimum atomic E-state index is -4.40. The van der Waals surface area contributed by atoms with E-state index >= 15 is 0 Å². The van der Waals surface area contributed by atoms with Crippen molar-refractivity contribution in [2.24, 2.45) is 0 Å². The van der Waals surface area contributed by atoms with Gasteiger partial charge in [0.2, 0.25) is 5.95 Å². The molecule has 14 N–H and O–H groups in total. The zero-order valence-corrected chi connectivity index (χ0v) is 45.1. The number of H-pyrrole nitrogens is 1. The van der Waals surface area contributed by atoms with Crippen molar-refractivity contribution >= 4 is 101 Å². The third kappa shape index (κ3) is 12.4. The number of fused-ring (bicyclic) bond motifs is 2. The van der Waals surface area contributed by atoms with Gasteiger partial charge in [0.25, 0.3) is 5.56 Å². The lowest BCUT2D eigenvalue weighted by Gasteiger charge is -2.28. The van der Waals surface area contributed by atoms with E-state index in [2.05, 4.69) is 39.9 Å². The van der Waals surface area contributed by atoms with Crippen molar-refractivity contribution in [3.05, 3.63) is 74.8 Å². The molecule has 6 aromatic rings. The maximum Gasteiger partial charge on any atom is 0.351 e. The zero-order chi connectivity index (χ0) is 55.4. The van der Waals surface area contributed by atoms with Crippen molar-refractivity contribution < 1.29 is 71.0 Å². The molecule has 4 fully saturated rings. The van der Waals surface area contributed by atoms with Crippen LogP contribution >= 0.6 is 20.2 Å². The maximum atomic E-state index is 13.0. The van der Waals surface area contributed by atoms with Gasteiger partial charge in [-0.15, -0.1) is 0 Å². The van der Waals surface area contributed by atoms with Crippen LogP contribution in [0.3, 0.4) is 0 Å². The van der Waals surface area contributed by atoms with E-state index in [9.17, 15) is 39.3 Å². The fraction of sp³-hybridized carbons (Fsp3) is 0.526. The maximum absolute atomic E-state index is 13.0. The Morgan fingerprint density at radius 2 is 1.05 bits per heavy atom. The van der Waals surface area contributed by atoms with Gasteiger partial charge in [-0.1, -0.05) is 0 Å². The van der Waals surface area contributed by atoms with Gasteiger partial charge in [0, 0.05) is 38.1 Å². The number of anilines is 4. The molecule has 422 valence electrons. The number of hydrogen-bond acceptors (Lipinski definition) is 29. The Hall–Kier alpha value is -4.79. The molecule has 6 aromatic heterocycles. The lowest BCUT2D eigenvalue weighted by molar-refractivity contribution is -0.0561. The molecule has 4 saturated heterocycles. The first-order valence-electron chi connectivity index (χ1n) is 23.2. The molecule has 0 aromatic carbocycles. The predicted octanol–water partition coefficient (Wildman–Crippen LogP) is -1.84. The molecule has 0 spiro atoms. The molecule has 0 amide bonds. The molecule has 4 aliphatic rings. The molecule has 15 unspecified atom stereocenters. The van der Waals surface area contributed by atoms with Crippen molar-refractivity contribution in [3.8, 4) is 0 Å². The van der Waals surface area contributed by atoms with Gasteiger partial charge in [0.05, 0.1) is 63.5 Å². The first-order chi connectivity index (χ1) is 37.0. The predicted molar refractivity (Wildman–Crippen MR) is 277 cm³/mol. The minimum absolute atomic E-state index is 0.00487. The van der Waals surface area contributed by atoms with Crippen molar-refractivity contribution in [2.45, 2.75) is 99.4 Å². The number of nitrogens with one attached hydrogen (secondary N) is 1. The van der Waals surface area contributed by atoms with E-state index in [4.69, 9.17) is 104 Å². The van der Waals surface area contributed by atoms with Gasteiger partial charge in [0.1, 0.15) is 72.8 Å². The number of ether oxygens (including phenoxy) is 4. The molecular formula is C38H49N16O18P3S3. The Labute approximate surface area is 452 Å². The number of nitrogen functional groups attached to an aromatic ring is 4. The molecule has 78 heavy (non-hydrogen) atoms. The van der Waals surface area contributed by atoms with E-state index < -0.39 is 137 Å². The fourth-order valence-electron chi connectivity index (χ4n) is 9.08. The molecule has 4 aliphatic heterocycles. The van der Waals surface area contributed by atoms with Crippen LogP contribution in [-0.2, 0) is 81.5 Å². The molecule has 10 heterocycles. The molecular weight excluding hydrogens is 1160 g/mol. The second-order valence-corrected chi connectivity index (χ2v) is 26.2. The first kappa shape index (κ1) is 56.5. The smallest absolute Gasteiger partial charge is 0.351 e. The van der Waals surface area contributed by atoms with Crippen LogP contribution in [-0.4, -0.2) is 158 Å².